The average Bonchev–Trinajstić information content (AvgIpc) is 3.47. The molecule has 0 bridgehead atoms. The number of halogens is 1. The average molecular weight is 643 g/mol. The van der Waals surface area contributed by atoms with E-state index in [0.717, 1.165) is 45.6 Å². The Morgan fingerprint density at radius 1 is 1.02 bits per heavy atom. The molecule has 0 aromatic heterocycles. The van der Waals surface area contributed by atoms with Crippen LogP contribution in [-0.4, -0.2) is 50.9 Å². The van der Waals surface area contributed by atoms with Gasteiger partial charge in [-0.3, -0.25) is 13.9 Å². The number of nitrogens with one attached hydrogen (secondary N) is 1. The van der Waals surface area contributed by atoms with Gasteiger partial charge in [-0.2, -0.15) is 0 Å². The SMILES string of the molecule is COc1cccc(N(CC(=O)N(Cc2cccc(Br)c2)[C@@H](C)C(=O)NC2CCCC2)S(=O)(=O)c2ccc(C)cc2)c1. The Morgan fingerprint density at radius 3 is 2.37 bits per heavy atom. The van der Waals surface area contributed by atoms with E-state index in [9.17, 15) is 18.0 Å². The summed E-state index contributed by atoms with van der Waals surface area (Å²) in [7, 11) is -2.65. The fourth-order valence-electron chi connectivity index (χ4n) is 4.94. The highest BCUT2D eigenvalue weighted by molar-refractivity contribution is 9.10. The molecule has 0 aliphatic heterocycles. The fraction of sp³-hybridized carbons (Fsp3) is 0.355. The summed E-state index contributed by atoms with van der Waals surface area (Å²) in [5.74, 6) is -0.304. The van der Waals surface area contributed by atoms with Crippen LogP contribution < -0.4 is 14.4 Å². The molecule has 3 aromatic rings. The monoisotopic (exact) mass is 641 g/mol. The largest absolute Gasteiger partial charge is 0.497 e. The molecule has 1 N–H and O–H groups in total. The maximum atomic E-state index is 14.1. The summed E-state index contributed by atoms with van der Waals surface area (Å²) in [5.41, 5.74) is 2.00. The predicted octanol–water partition coefficient (Wildman–Crippen LogP) is 5.44. The standard InChI is InChI=1S/C31H36BrN3O5S/c1-22-14-16-29(17-15-22)41(38,39)35(27-12-7-13-28(19-27)40-3)21-30(36)34(20-24-8-6-9-25(32)18-24)23(2)31(37)33-26-10-4-5-11-26/h6-9,12-19,23,26H,4-5,10-11,20-21H2,1-3H3,(H,33,37)/t23-/m0/s1. The molecule has 3 aromatic carbocycles. The molecule has 1 atom stereocenters. The molecule has 0 saturated heterocycles. The van der Waals surface area contributed by atoms with Gasteiger partial charge in [0.15, 0.2) is 0 Å². The Labute approximate surface area is 250 Å². The van der Waals surface area contributed by atoms with E-state index >= 15 is 0 Å². The summed E-state index contributed by atoms with van der Waals surface area (Å²) in [6.07, 6.45) is 3.95. The normalized spacial score (nSPS) is 14.3. The quantitative estimate of drug-likeness (QED) is 0.301. The first-order valence-corrected chi connectivity index (χ1v) is 15.9. The van der Waals surface area contributed by atoms with E-state index in [1.54, 1.807) is 43.3 Å². The highest BCUT2D eigenvalue weighted by atomic mass is 79.9. The van der Waals surface area contributed by atoms with Gasteiger partial charge in [-0.25, -0.2) is 8.42 Å². The van der Waals surface area contributed by atoms with E-state index in [-0.39, 0.29) is 29.1 Å². The number of aryl methyl sites for hydroxylation is 1. The number of carbonyl (C=O) groups is 2. The summed E-state index contributed by atoms with van der Waals surface area (Å²) in [4.78, 5) is 28.9. The number of amides is 2. The van der Waals surface area contributed by atoms with Crippen LogP contribution in [0.1, 0.15) is 43.7 Å². The molecule has 1 saturated carbocycles. The molecule has 0 radical (unpaired) electrons. The number of methoxy groups -OCH3 is 1. The summed E-state index contributed by atoms with van der Waals surface area (Å²) >= 11 is 3.47. The first-order valence-electron chi connectivity index (χ1n) is 13.7. The second kappa shape index (κ2) is 13.5. The van der Waals surface area contributed by atoms with Gasteiger partial charge in [0.2, 0.25) is 11.8 Å². The topological polar surface area (TPSA) is 96.0 Å². The highest BCUT2D eigenvalue weighted by Crippen LogP contribution is 2.28. The Kier molecular flexibility index (Phi) is 10.1. The predicted molar refractivity (Wildman–Crippen MR) is 163 cm³/mol. The molecule has 0 spiro atoms. The van der Waals surface area contributed by atoms with Gasteiger partial charge >= 0.3 is 0 Å². The molecule has 41 heavy (non-hydrogen) atoms. The Bertz CT molecular complexity index is 1470. The molecule has 2 amide bonds. The molecule has 10 heteroatoms. The Morgan fingerprint density at radius 2 is 1.71 bits per heavy atom. The van der Waals surface area contributed by atoms with Crippen molar-refractivity contribution in [3.8, 4) is 5.75 Å². The molecular formula is C31H36BrN3O5S. The lowest BCUT2D eigenvalue weighted by Crippen LogP contribution is -2.52. The van der Waals surface area contributed by atoms with Crippen LogP contribution in [0.5, 0.6) is 5.75 Å². The van der Waals surface area contributed by atoms with Crippen molar-refractivity contribution in [2.24, 2.45) is 0 Å². The molecule has 0 heterocycles. The molecular weight excluding hydrogens is 606 g/mol. The van der Waals surface area contributed by atoms with Crippen LogP contribution in [-0.2, 0) is 26.2 Å². The first-order chi connectivity index (χ1) is 19.6. The minimum absolute atomic E-state index is 0.0595. The first kappa shape index (κ1) is 30.6. The van der Waals surface area contributed by atoms with Crippen molar-refractivity contribution in [1.82, 2.24) is 10.2 Å². The lowest BCUT2D eigenvalue weighted by Gasteiger charge is -2.32. The van der Waals surface area contributed by atoms with Gasteiger partial charge in [0, 0.05) is 23.1 Å². The summed E-state index contributed by atoms with van der Waals surface area (Å²) in [5, 5.41) is 3.08. The van der Waals surface area contributed by atoms with Crippen LogP contribution in [0.15, 0.2) is 82.2 Å². The number of ether oxygens (including phenoxy) is 1. The number of hydrogen-bond acceptors (Lipinski definition) is 5. The van der Waals surface area contributed by atoms with E-state index in [1.165, 1.54) is 24.1 Å². The second-order valence-electron chi connectivity index (χ2n) is 10.3. The molecule has 4 rings (SSSR count). The van der Waals surface area contributed by atoms with Gasteiger partial charge in [0.1, 0.15) is 18.3 Å². The Hall–Kier alpha value is -3.37. The minimum atomic E-state index is -4.15. The Balaban J connectivity index is 1.70. The maximum absolute atomic E-state index is 14.1. The third-order valence-electron chi connectivity index (χ3n) is 7.34. The smallest absolute Gasteiger partial charge is 0.264 e. The minimum Gasteiger partial charge on any atom is -0.497 e. The van der Waals surface area contributed by atoms with Crippen LogP contribution in [0.25, 0.3) is 0 Å². The molecule has 218 valence electrons. The molecule has 0 unspecified atom stereocenters. The molecule has 1 fully saturated rings. The number of carbonyl (C=O) groups excluding carboxylic acids is 2. The third kappa shape index (κ3) is 7.68. The zero-order valence-corrected chi connectivity index (χ0v) is 25.9. The van der Waals surface area contributed by atoms with Crippen LogP contribution in [0.2, 0.25) is 0 Å². The number of hydrogen-bond donors (Lipinski definition) is 1. The van der Waals surface area contributed by atoms with E-state index in [4.69, 9.17) is 4.74 Å². The summed E-state index contributed by atoms with van der Waals surface area (Å²) in [6, 6.07) is 19.8. The maximum Gasteiger partial charge on any atom is 0.264 e. The van der Waals surface area contributed by atoms with Gasteiger partial charge in [-0.15, -0.1) is 0 Å². The van der Waals surface area contributed by atoms with Crippen molar-refractivity contribution in [2.75, 3.05) is 18.0 Å². The van der Waals surface area contributed by atoms with E-state index in [2.05, 4.69) is 21.2 Å². The van der Waals surface area contributed by atoms with E-state index < -0.39 is 28.5 Å². The number of anilines is 1. The van der Waals surface area contributed by atoms with Crippen LogP contribution in [0.3, 0.4) is 0 Å². The molecule has 1 aliphatic carbocycles. The van der Waals surface area contributed by atoms with Crippen LogP contribution in [0.4, 0.5) is 5.69 Å². The van der Waals surface area contributed by atoms with Crippen molar-refractivity contribution in [3.05, 3.63) is 88.4 Å². The van der Waals surface area contributed by atoms with Crippen molar-refractivity contribution in [2.45, 2.75) is 63.1 Å². The van der Waals surface area contributed by atoms with Crippen molar-refractivity contribution in [1.29, 1.82) is 0 Å². The summed E-state index contributed by atoms with van der Waals surface area (Å²) in [6.45, 7) is 3.19. The fourth-order valence-corrected chi connectivity index (χ4v) is 6.79. The van der Waals surface area contributed by atoms with E-state index in [0.29, 0.717) is 5.75 Å². The van der Waals surface area contributed by atoms with Crippen molar-refractivity contribution < 1.29 is 22.7 Å². The van der Waals surface area contributed by atoms with Crippen molar-refractivity contribution >= 4 is 43.5 Å². The number of benzene rings is 3. The van der Waals surface area contributed by atoms with Gasteiger partial charge in [0.05, 0.1) is 17.7 Å². The summed E-state index contributed by atoms with van der Waals surface area (Å²) < 4.78 is 35.2. The third-order valence-corrected chi connectivity index (χ3v) is 9.62. The second-order valence-corrected chi connectivity index (χ2v) is 13.1. The lowest BCUT2D eigenvalue weighted by atomic mass is 10.1. The molecule has 1 aliphatic rings. The van der Waals surface area contributed by atoms with Gasteiger partial charge < -0.3 is 15.0 Å². The zero-order valence-electron chi connectivity index (χ0n) is 23.5. The highest BCUT2D eigenvalue weighted by Gasteiger charge is 2.33. The van der Waals surface area contributed by atoms with Crippen LogP contribution in [0, 0.1) is 6.92 Å². The van der Waals surface area contributed by atoms with E-state index in [1.807, 2.05) is 31.2 Å². The zero-order chi connectivity index (χ0) is 29.6. The van der Waals surface area contributed by atoms with Gasteiger partial charge in [0.25, 0.3) is 10.0 Å². The number of sulfonamides is 1. The number of rotatable bonds is 11. The lowest BCUT2D eigenvalue weighted by molar-refractivity contribution is -0.139. The van der Waals surface area contributed by atoms with Crippen molar-refractivity contribution in [3.63, 3.8) is 0 Å². The van der Waals surface area contributed by atoms with Crippen LogP contribution >= 0.6 is 15.9 Å². The van der Waals surface area contributed by atoms with Gasteiger partial charge in [-0.1, -0.05) is 64.7 Å². The van der Waals surface area contributed by atoms with Gasteiger partial charge in [-0.05, 0) is 68.7 Å². The molecule has 8 nitrogen and oxygen atoms in total. The number of nitrogens with zero attached hydrogens (tertiary/aromatic N) is 2.